The highest BCUT2D eigenvalue weighted by Gasteiger charge is 2.49. The minimum Gasteiger partial charge on any atom is -0.407 e. The molecule has 2 aliphatic heterocycles. The van der Waals surface area contributed by atoms with E-state index in [9.17, 15) is 0 Å². The fourth-order valence-electron chi connectivity index (χ4n) is 6.13. The van der Waals surface area contributed by atoms with E-state index in [4.69, 9.17) is 4.43 Å². The van der Waals surface area contributed by atoms with Crippen LogP contribution in [0.4, 0.5) is 0 Å². The van der Waals surface area contributed by atoms with Gasteiger partial charge in [0.15, 0.2) is 0 Å². The molecule has 3 atom stereocenters. The van der Waals surface area contributed by atoms with Crippen molar-refractivity contribution in [2.24, 2.45) is 5.92 Å². The molecule has 2 aromatic carbocycles. The maximum absolute atomic E-state index is 7.03. The minimum atomic E-state index is -2.41. The molecule has 2 heterocycles. The second-order valence-electron chi connectivity index (χ2n) is 10.8. The van der Waals surface area contributed by atoms with Crippen LogP contribution in [0.1, 0.15) is 59.8 Å². The maximum Gasteiger partial charge on any atom is 0.261 e. The molecule has 2 saturated heterocycles. The summed E-state index contributed by atoms with van der Waals surface area (Å²) >= 11 is 0. The quantitative estimate of drug-likeness (QED) is 0.303. The molecule has 0 saturated carbocycles. The summed E-state index contributed by atoms with van der Waals surface area (Å²) in [7, 11) is -2.41. The summed E-state index contributed by atoms with van der Waals surface area (Å²) in [6.45, 7) is 11.6. The Hall–Kier alpha value is -1.68. The highest BCUT2D eigenvalue weighted by atomic mass is 28.4. The Kier molecular flexibility index (Phi) is 7.39. The van der Waals surface area contributed by atoms with E-state index in [1.165, 1.54) is 42.6 Å². The van der Waals surface area contributed by atoms with Crippen LogP contribution in [0.3, 0.4) is 0 Å². The molecule has 2 nitrogen and oxygen atoms in total. The summed E-state index contributed by atoms with van der Waals surface area (Å²) in [5.74, 6) is 0.862. The van der Waals surface area contributed by atoms with Crippen molar-refractivity contribution in [2.45, 2.75) is 76.9 Å². The molecule has 0 aromatic heterocycles. The van der Waals surface area contributed by atoms with E-state index in [2.05, 4.69) is 105 Å². The van der Waals surface area contributed by atoms with E-state index in [-0.39, 0.29) is 5.04 Å². The molecule has 0 unspecified atom stereocenters. The van der Waals surface area contributed by atoms with Crippen LogP contribution in [0.15, 0.2) is 72.8 Å². The Morgan fingerprint density at radius 2 is 1.56 bits per heavy atom. The SMILES string of the molecule is C[C@@H]1CC[C@@H](/C=C/CCO[Si](c2ccccc2)(c2ccccc2)C(C)(C)C)N2CCC[C@@H]12. The van der Waals surface area contributed by atoms with Gasteiger partial charge in [0.1, 0.15) is 0 Å². The standard InChI is InChI=1S/C29H41NOSi/c1-24-20-21-25(30-22-13-19-28(24)30)14-11-12-23-31-32(29(2,3)4,26-15-7-5-8-16-26)27-17-9-6-10-18-27/h5-11,14-18,24-25,28H,12-13,19-23H2,1-4H3/b14-11+/t24-,25-,28+/m1/s1. The van der Waals surface area contributed by atoms with Crippen LogP contribution < -0.4 is 10.4 Å². The molecule has 4 rings (SSSR count). The predicted molar refractivity (Wildman–Crippen MR) is 139 cm³/mol. The van der Waals surface area contributed by atoms with Gasteiger partial charge < -0.3 is 4.43 Å². The monoisotopic (exact) mass is 447 g/mol. The van der Waals surface area contributed by atoms with Crippen LogP contribution >= 0.6 is 0 Å². The fraction of sp³-hybridized carbons (Fsp3) is 0.517. The Morgan fingerprint density at radius 3 is 2.16 bits per heavy atom. The first-order chi connectivity index (χ1) is 15.4. The molecule has 2 aromatic rings. The number of hydrogen-bond acceptors (Lipinski definition) is 2. The van der Waals surface area contributed by atoms with Gasteiger partial charge in [-0.3, -0.25) is 4.90 Å². The first-order valence-electron chi connectivity index (χ1n) is 12.6. The van der Waals surface area contributed by atoms with Crippen molar-refractivity contribution in [3.63, 3.8) is 0 Å². The van der Waals surface area contributed by atoms with E-state index in [1.54, 1.807) is 0 Å². The van der Waals surface area contributed by atoms with Gasteiger partial charge >= 0.3 is 0 Å². The maximum atomic E-state index is 7.03. The smallest absolute Gasteiger partial charge is 0.261 e. The van der Waals surface area contributed by atoms with E-state index < -0.39 is 8.32 Å². The van der Waals surface area contributed by atoms with Crippen LogP contribution in [0.5, 0.6) is 0 Å². The molecule has 3 heteroatoms. The van der Waals surface area contributed by atoms with Crippen LogP contribution in [0, 0.1) is 5.92 Å². The lowest BCUT2D eigenvalue weighted by Gasteiger charge is -2.43. The third kappa shape index (κ3) is 4.66. The van der Waals surface area contributed by atoms with Gasteiger partial charge in [0.25, 0.3) is 8.32 Å². The first-order valence-corrected chi connectivity index (χ1v) is 14.5. The predicted octanol–water partition coefficient (Wildman–Crippen LogP) is 5.77. The van der Waals surface area contributed by atoms with Gasteiger partial charge in [-0.2, -0.15) is 0 Å². The van der Waals surface area contributed by atoms with Gasteiger partial charge in [-0.1, -0.05) is 101 Å². The highest BCUT2D eigenvalue weighted by Crippen LogP contribution is 2.37. The summed E-state index contributed by atoms with van der Waals surface area (Å²) < 4.78 is 7.03. The van der Waals surface area contributed by atoms with Gasteiger partial charge in [0, 0.05) is 18.7 Å². The van der Waals surface area contributed by atoms with Crippen molar-refractivity contribution in [2.75, 3.05) is 13.2 Å². The van der Waals surface area contributed by atoms with E-state index in [1.807, 2.05) is 0 Å². The number of piperidine rings is 1. The largest absolute Gasteiger partial charge is 0.407 e. The molecule has 2 fully saturated rings. The number of fused-ring (bicyclic) bond motifs is 1. The Labute approximate surface area is 196 Å². The molecule has 0 aliphatic carbocycles. The van der Waals surface area contributed by atoms with E-state index in [0.29, 0.717) is 6.04 Å². The van der Waals surface area contributed by atoms with Gasteiger partial charge in [-0.05, 0) is 60.0 Å². The molecule has 0 spiro atoms. The lowest BCUT2D eigenvalue weighted by molar-refractivity contribution is 0.106. The first kappa shape index (κ1) is 23.5. The third-order valence-electron chi connectivity index (χ3n) is 7.72. The minimum absolute atomic E-state index is 0.0434. The Bertz CT molecular complexity index is 834. The van der Waals surface area contributed by atoms with Crippen molar-refractivity contribution in [1.82, 2.24) is 4.90 Å². The summed E-state index contributed by atoms with van der Waals surface area (Å²) in [6.07, 6.45) is 11.3. The van der Waals surface area contributed by atoms with Gasteiger partial charge in [0.2, 0.25) is 0 Å². The average Bonchev–Trinajstić information content (AvgIpc) is 3.29. The van der Waals surface area contributed by atoms with Crippen LogP contribution in [0.2, 0.25) is 5.04 Å². The Morgan fingerprint density at radius 1 is 0.938 bits per heavy atom. The molecule has 0 amide bonds. The molecule has 0 bridgehead atoms. The number of benzene rings is 2. The van der Waals surface area contributed by atoms with Crippen molar-refractivity contribution >= 4 is 18.7 Å². The fourth-order valence-corrected chi connectivity index (χ4v) is 10.7. The van der Waals surface area contributed by atoms with Crippen LogP contribution in [0.25, 0.3) is 0 Å². The molecular formula is C29H41NOSi. The van der Waals surface area contributed by atoms with Crippen molar-refractivity contribution in [1.29, 1.82) is 0 Å². The van der Waals surface area contributed by atoms with Crippen molar-refractivity contribution in [3.05, 3.63) is 72.8 Å². The molecule has 2 aliphatic rings. The third-order valence-corrected chi connectivity index (χ3v) is 12.8. The zero-order valence-electron chi connectivity index (χ0n) is 20.5. The lowest BCUT2D eigenvalue weighted by Crippen LogP contribution is -2.66. The number of rotatable bonds is 7. The van der Waals surface area contributed by atoms with E-state index >= 15 is 0 Å². The van der Waals surface area contributed by atoms with Crippen LogP contribution in [-0.2, 0) is 4.43 Å². The summed E-state index contributed by atoms with van der Waals surface area (Å²) in [4.78, 5) is 2.77. The second-order valence-corrected chi connectivity index (χ2v) is 15.1. The Balaban J connectivity index is 1.50. The van der Waals surface area contributed by atoms with Gasteiger partial charge in [0.05, 0.1) is 0 Å². The van der Waals surface area contributed by atoms with Gasteiger partial charge in [-0.15, -0.1) is 0 Å². The number of hydrogen-bond donors (Lipinski definition) is 0. The van der Waals surface area contributed by atoms with E-state index in [0.717, 1.165) is 25.0 Å². The van der Waals surface area contributed by atoms with Crippen molar-refractivity contribution < 1.29 is 4.43 Å². The molecule has 32 heavy (non-hydrogen) atoms. The summed E-state index contributed by atoms with van der Waals surface area (Å²) in [5.41, 5.74) is 0. The molecule has 172 valence electrons. The topological polar surface area (TPSA) is 12.5 Å². The molecule has 0 N–H and O–H groups in total. The second kappa shape index (κ2) is 10.1. The zero-order valence-corrected chi connectivity index (χ0v) is 21.5. The van der Waals surface area contributed by atoms with Crippen molar-refractivity contribution in [3.8, 4) is 0 Å². The normalized spacial score (nSPS) is 24.7. The molecular weight excluding hydrogens is 406 g/mol. The highest BCUT2D eigenvalue weighted by molar-refractivity contribution is 6.99. The average molecular weight is 448 g/mol. The lowest BCUT2D eigenvalue weighted by atomic mass is 9.87. The van der Waals surface area contributed by atoms with Gasteiger partial charge in [-0.25, -0.2) is 0 Å². The summed E-state index contributed by atoms with van der Waals surface area (Å²) in [5, 5.41) is 2.77. The summed E-state index contributed by atoms with van der Waals surface area (Å²) in [6, 6.07) is 23.4. The number of nitrogens with zero attached hydrogens (tertiary/aromatic N) is 1. The zero-order chi connectivity index (χ0) is 22.6. The molecule has 0 radical (unpaired) electrons. The van der Waals surface area contributed by atoms with Crippen LogP contribution in [-0.4, -0.2) is 38.5 Å².